The molecular formula is C12H7ClN2O4. The third-order valence-corrected chi connectivity index (χ3v) is 2.68. The summed E-state index contributed by atoms with van der Waals surface area (Å²) >= 11 is 5.65. The largest absolute Gasteiger partial charge is 0.478 e. The molecule has 7 heteroatoms. The van der Waals surface area contributed by atoms with Gasteiger partial charge in [-0.3, -0.25) is 10.1 Å². The van der Waals surface area contributed by atoms with E-state index in [1.165, 1.54) is 30.5 Å². The lowest BCUT2D eigenvalue weighted by Crippen LogP contribution is -2.01. The van der Waals surface area contributed by atoms with E-state index in [9.17, 15) is 14.9 Å². The van der Waals surface area contributed by atoms with E-state index in [1.54, 1.807) is 6.07 Å². The first-order valence-corrected chi connectivity index (χ1v) is 5.50. The molecule has 0 aliphatic rings. The van der Waals surface area contributed by atoms with Gasteiger partial charge in [0.25, 0.3) is 5.69 Å². The summed E-state index contributed by atoms with van der Waals surface area (Å²) < 4.78 is 0. The fourth-order valence-corrected chi connectivity index (χ4v) is 1.78. The molecule has 0 bridgehead atoms. The van der Waals surface area contributed by atoms with Crippen molar-refractivity contribution in [1.29, 1.82) is 0 Å². The van der Waals surface area contributed by atoms with Crippen molar-refractivity contribution in [1.82, 2.24) is 4.98 Å². The number of non-ortho nitro benzene ring substituents is 1. The Morgan fingerprint density at radius 2 is 2.11 bits per heavy atom. The summed E-state index contributed by atoms with van der Waals surface area (Å²) in [6.45, 7) is 0. The normalized spacial score (nSPS) is 10.2. The number of nitrogens with zero attached hydrogens (tertiary/aromatic N) is 2. The van der Waals surface area contributed by atoms with Crippen molar-refractivity contribution >= 4 is 23.3 Å². The molecule has 0 aliphatic heterocycles. The number of rotatable bonds is 3. The zero-order valence-electron chi connectivity index (χ0n) is 9.41. The molecule has 0 spiro atoms. The van der Waals surface area contributed by atoms with Gasteiger partial charge >= 0.3 is 5.97 Å². The molecule has 0 saturated heterocycles. The molecule has 1 N–H and O–H groups in total. The van der Waals surface area contributed by atoms with Crippen LogP contribution in [0.2, 0.25) is 5.15 Å². The highest BCUT2D eigenvalue weighted by Crippen LogP contribution is 2.27. The number of carboxylic acid groups (broad SMARTS) is 1. The van der Waals surface area contributed by atoms with Gasteiger partial charge in [-0.25, -0.2) is 9.78 Å². The maximum absolute atomic E-state index is 11.1. The Morgan fingerprint density at radius 1 is 1.37 bits per heavy atom. The number of carboxylic acids is 1. The molecule has 1 aromatic heterocycles. The molecule has 6 nitrogen and oxygen atoms in total. The molecule has 0 amide bonds. The van der Waals surface area contributed by atoms with Crippen LogP contribution in [0.15, 0.2) is 36.5 Å². The molecular weight excluding hydrogens is 272 g/mol. The number of hydrogen-bond acceptors (Lipinski definition) is 4. The van der Waals surface area contributed by atoms with E-state index in [0.29, 0.717) is 5.56 Å². The molecule has 96 valence electrons. The Balaban J connectivity index is 2.61. The minimum Gasteiger partial charge on any atom is -0.478 e. The molecule has 2 aromatic rings. The molecule has 0 saturated carbocycles. The van der Waals surface area contributed by atoms with E-state index in [0.717, 1.165) is 0 Å². The lowest BCUT2D eigenvalue weighted by atomic mass is 10.0. The van der Waals surface area contributed by atoms with Gasteiger partial charge in [-0.05, 0) is 11.6 Å². The molecule has 0 atom stereocenters. The van der Waals surface area contributed by atoms with Gasteiger partial charge in [0.05, 0.1) is 10.5 Å². The lowest BCUT2D eigenvalue weighted by Gasteiger charge is -2.06. The summed E-state index contributed by atoms with van der Waals surface area (Å²) in [6.07, 6.45) is 1.28. The van der Waals surface area contributed by atoms with E-state index in [-0.39, 0.29) is 22.0 Å². The number of pyridine rings is 1. The SMILES string of the molecule is O=C(O)c1cc(Cl)ncc1-c1cccc([N+](=O)[O-])c1. The molecule has 0 aliphatic carbocycles. The maximum atomic E-state index is 11.1. The van der Waals surface area contributed by atoms with Crippen LogP contribution in [0.5, 0.6) is 0 Å². The van der Waals surface area contributed by atoms with Gasteiger partial charge in [-0.2, -0.15) is 0 Å². The fourth-order valence-electron chi connectivity index (χ4n) is 1.62. The van der Waals surface area contributed by atoms with E-state index in [2.05, 4.69) is 4.98 Å². The van der Waals surface area contributed by atoms with Crippen LogP contribution in [0, 0.1) is 10.1 Å². The minimum atomic E-state index is -1.18. The van der Waals surface area contributed by atoms with Gasteiger partial charge in [-0.15, -0.1) is 0 Å². The zero-order valence-corrected chi connectivity index (χ0v) is 10.2. The van der Waals surface area contributed by atoms with Gasteiger partial charge < -0.3 is 5.11 Å². The van der Waals surface area contributed by atoms with Crippen molar-refractivity contribution in [2.75, 3.05) is 0 Å². The highest BCUT2D eigenvalue weighted by Gasteiger charge is 2.15. The van der Waals surface area contributed by atoms with Crippen LogP contribution in [0.25, 0.3) is 11.1 Å². The quantitative estimate of drug-likeness (QED) is 0.529. The molecule has 0 unspecified atom stereocenters. The van der Waals surface area contributed by atoms with Crippen LogP contribution in [0.4, 0.5) is 5.69 Å². The smallest absolute Gasteiger partial charge is 0.336 e. The Labute approximate surface area is 112 Å². The first kappa shape index (κ1) is 13.0. The molecule has 2 rings (SSSR count). The van der Waals surface area contributed by atoms with Gasteiger partial charge in [0.2, 0.25) is 0 Å². The predicted molar refractivity (Wildman–Crippen MR) is 68.3 cm³/mol. The van der Waals surface area contributed by atoms with Crippen LogP contribution < -0.4 is 0 Å². The molecule has 0 fully saturated rings. The van der Waals surface area contributed by atoms with Gasteiger partial charge in [0.1, 0.15) is 5.15 Å². The average Bonchev–Trinajstić information content (AvgIpc) is 2.38. The Morgan fingerprint density at radius 3 is 2.74 bits per heavy atom. The Bertz CT molecular complexity index is 673. The summed E-state index contributed by atoms with van der Waals surface area (Å²) in [4.78, 5) is 25.1. The molecule has 0 radical (unpaired) electrons. The second kappa shape index (κ2) is 5.03. The van der Waals surface area contributed by atoms with Crippen LogP contribution in [-0.4, -0.2) is 21.0 Å². The highest BCUT2D eigenvalue weighted by molar-refractivity contribution is 6.29. The van der Waals surface area contributed by atoms with Crippen LogP contribution in [0.3, 0.4) is 0 Å². The highest BCUT2D eigenvalue weighted by atomic mass is 35.5. The topological polar surface area (TPSA) is 93.3 Å². The van der Waals surface area contributed by atoms with Crippen molar-refractivity contribution in [3.8, 4) is 11.1 Å². The fraction of sp³-hybridized carbons (Fsp3) is 0. The van der Waals surface area contributed by atoms with E-state index < -0.39 is 10.9 Å². The number of benzene rings is 1. The zero-order chi connectivity index (χ0) is 14.0. The van der Waals surface area contributed by atoms with Crippen LogP contribution >= 0.6 is 11.6 Å². The van der Waals surface area contributed by atoms with Crippen LogP contribution in [-0.2, 0) is 0 Å². The van der Waals surface area contributed by atoms with Crippen molar-refractivity contribution in [3.05, 3.63) is 57.4 Å². The van der Waals surface area contributed by atoms with Crippen molar-refractivity contribution in [2.24, 2.45) is 0 Å². The number of aromatic nitrogens is 1. The number of aromatic carboxylic acids is 1. The number of hydrogen-bond donors (Lipinski definition) is 1. The Hall–Kier alpha value is -2.47. The minimum absolute atomic E-state index is 0.0478. The molecule has 1 aromatic carbocycles. The van der Waals surface area contributed by atoms with Crippen LogP contribution in [0.1, 0.15) is 10.4 Å². The first-order valence-electron chi connectivity index (χ1n) is 5.12. The first-order chi connectivity index (χ1) is 8.99. The number of nitro groups is 1. The summed E-state index contributed by atoms with van der Waals surface area (Å²) in [7, 11) is 0. The van der Waals surface area contributed by atoms with Gasteiger partial charge in [0, 0.05) is 23.9 Å². The predicted octanol–water partition coefficient (Wildman–Crippen LogP) is 3.01. The standard InChI is InChI=1S/C12H7ClN2O4/c13-11-5-9(12(16)17)10(6-14-11)7-2-1-3-8(4-7)15(18)19/h1-6H,(H,16,17). The molecule has 1 heterocycles. The summed E-state index contributed by atoms with van der Waals surface area (Å²) in [5, 5.41) is 19.9. The van der Waals surface area contributed by atoms with Crippen molar-refractivity contribution in [3.63, 3.8) is 0 Å². The Kier molecular flexibility index (Phi) is 3.43. The number of halogens is 1. The van der Waals surface area contributed by atoms with Gasteiger partial charge in [0.15, 0.2) is 0 Å². The third kappa shape index (κ3) is 2.69. The van der Waals surface area contributed by atoms with E-state index in [1.807, 2.05) is 0 Å². The number of nitro benzene ring substituents is 1. The second-order valence-corrected chi connectivity index (χ2v) is 4.05. The molecule has 19 heavy (non-hydrogen) atoms. The third-order valence-electron chi connectivity index (χ3n) is 2.47. The van der Waals surface area contributed by atoms with Gasteiger partial charge in [-0.1, -0.05) is 23.7 Å². The van der Waals surface area contributed by atoms with E-state index >= 15 is 0 Å². The monoisotopic (exact) mass is 278 g/mol. The average molecular weight is 279 g/mol. The maximum Gasteiger partial charge on any atom is 0.336 e. The van der Waals surface area contributed by atoms with Crippen molar-refractivity contribution in [2.45, 2.75) is 0 Å². The lowest BCUT2D eigenvalue weighted by molar-refractivity contribution is -0.384. The summed E-state index contributed by atoms with van der Waals surface area (Å²) in [5.74, 6) is -1.18. The summed E-state index contributed by atoms with van der Waals surface area (Å²) in [5.41, 5.74) is 0.501. The number of carbonyl (C=O) groups is 1. The van der Waals surface area contributed by atoms with E-state index in [4.69, 9.17) is 16.7 Å². The second-order valence-electron chi connectivity index (χ2n) is 3.67. The summed E-state index contributed by atoms with van der Waals surface area (Å²) in [6, 6.07) is 6.88. The van der Waals surface area contributed by atoms with Crippen molar-refractivity contribution < 1.29 is 14.8 Å².